The van der Waals surface area contributed by atoms with Gasteiger partial charge in [0.15, 0.2) is 0 Å². The van der Waals surface area contributed by atoms with E-state index in [9.17, 15) is 19.7 Å². The van der Waals surface area contributed by atoms with Crippen LogP contribution >= 0.6 is 27.5 Å². The highest BCUT2D eigenvalue weighted by Crippen LogP contribution is 2.36. The predicted octanol–water partition coefficient (Wildman–Crippen LogP) is 1.75. The van der Waals surface area contributed by atoms with E-state index in [0.29, 0.717) is 0 Å². The van der Waals surface area contributed by atoms with Crippen LogP contribution in [0.2, 0.25) is 5.02 Å². The summed E-state index contributed by atoms with van der Waals surface area (Å²) in [6, 6.07) is 3.91. The first-order valence-corrected chi connectivity index (χ1v) is 6.14. The van der Waals surface area contributed by atoms with Crippen molar-refractivity contribution in [2.45, 2.75) is 10.7 Å². The Kier molecular flexibility index (Phi) is 3.36. The zero-order valence-electron chi connectivity index (χ0n) is 8.72. The SMILES string of the molecule is O=C1NC(=O)C(c2cc(Cl)ccc2[N+](=O)[O-])C1Br. The van der Waals surface area contributed by atoms with Crippen LogP contribution in [0.3, 0.4) is 0 Å². The number of amides is 2. The Labute approximate surface area is 115 Å². The smallest absolute Gasteiger partial charge is 0.273 e. The van der Waals surface area contributed by atoms with Crippen molar-refractivity contribution in [3.63, 3.8) is 0 Å². The van der Waals surface area contributed by atoms with Crippen LogP contribution in [-0.4, -0.2) is 21.6 Å². The minimum absolute atomic E-state index is 0.123. The molecule has 0 saturated carbocycles. The molecule has 1 fully saturated rings. The third kappa shape index (κ3) is 2.11. The van der Waals surface area contributed by atoms with Gasteiger partial charge in [0.2, 0.25) is 11.8 Å². The molecule has 0 aromatic heterocycles. The Hall–Kier alpha value is -1.47. The van der Waals surface area contributed by atoms with Crippen LogP contribution in [0.1, 0.15) is 11.5 Å². The molecule has 2 rings (SSSR count). The molecule has 1 heterocycles. The lowest BCUT2D eigenvalue weighted by Crippen LogP contribution is -2.22. The van der Waals surface area contributed by atoms with E-state index in [2.05, 4.69) is 21.2 Å². The zero-order chi connectivity index (χ0) is 13.4. The van der Waals surface area contributed by atoms with E-state index in [1.54, 1.807) is 0 Å². The number of nitro benzene ring substituents is 1. The fourth-order valence-corrected chi connectivity index (χ4v) is 2.61. The highest BCUT2D eigenvalue weighted by molar-refractivity contribution is 9.10. The lowest BCUT2D eigenvalue weighted by Gasteiger charge is -2.10. The standard InChI is InChI=1S/C10H6BrClN2O4/c11-8-7(9(15)13-10(8)16)5-3-4(12)1-2-6(5)14(17)18/h1-3,7-8H,(H,13,15,16). The van der Waals surface area contributed by atoms with Crippen molar-refractivity contribution >= 4 is 45.0 Å². The summed E-state index contributed by atoms with van der Waals surface area (Å²) in [5.74, 6) is -2.04. The second-order valence-corrected chi connectivity index (χ2v) is 5.12. The van der Waals surface area contributed by atoms with Gasteiger partial charge in [0.25, 0.3) is 5.69 Å². The molecule has 1 N–H and O–H groups in total. The largest absolute Gasteiger partial charge is 0.295 e. The summed E-state index contributed by atoms with van der Waals surface area (Å²) in [7, 11) is 0. The molecule has 1 aromatic carbocycles. The first-order valence-electron chi connectivity index (χ1n) is 4.84. The number of rotatable bonds is 2. The monoisotopic (exact) mass is 332 g/mol. The highest BCUT2D eigenvalue weighted by atomic mass is 79.9. The zero-order valence-corrected chi connectivity index (χ0v) is 11.1. The number of hydrogen-bond acceptors (Lipinski definition) is 4. The van der Waals surface area contributed by atoms with Crippen molar-refractivity contribution in [2.24, 2.45) is 0 Å². The molecule has 1 aliphatic rings. The van der Waals surface area contributed by atoms with Gasteiger partial charge < -0.3 is 0 Å². The van der Waals surface area contributed by atoms with Crippen LogP contribution in [0, 0.1) is 10.1 Å². The molecule has 0 spiro atoms. The molecule has 18 heavy (non-hydrogen) atoms. The number of benzene rings is 1. The number of carbonyl (C=O) groups excluding carboxylic acids is 2. The normalized spacial score (nSPS) is 23.0. The third-order valence-corrected chi connectivity index (χ3v) is 3.77. The minimum atomic E-state index is -0.948. The van der Waals surface area contributed by atoms with Gasteiger partial charge in [-0.15, -0.1) is 0 Å². The van der Waals surface area contributed by atoms with Crippen molar-refractivity contribution in [3.05, 3.63) is 38.9 Å². The van der Waals surface area contributed by atoms with Crippen molar-refractivity contribution < 1.29 is 14.5 Å². The summed E-state index contributed by atoms with van der Waals surface area (Å²) >= 11 is 8.83. The molecule has 8 heteroatoms. The molecule has 0 aliphatic carbocycles. The molecule has 1 saturated heterocycles. The summed E-state index contributed by atoms with van der Waals surface area (Å²) in [5, 5.41) is 13.3. The fourth-order valence-electron chi connectivity index (χ4n) is 1.79. The van der Waals surface area contributed by atoms with E-state index >= 15 is 0 Å². The number of halogens is 2. The van der Waals surface area contributed by atoms with Gasteiger partial charge in [0.05, 0.1) is 10.8 Å². The second kappa shape index (κ2) is 4.66. The van der Waals surface area contributed by atoms with Crippen LogP contribution in [0.4, 0.5) is 5.69 Å². The Morgan fingerprint density at radius 3 is 2.50 bits per heavy atom. The maximum absolute atomic E-state index is 11.7. The van der Waals surface area contributed by atoms with Crippen molar-refractivity contribution in [1.82, 2.24) is 5.32 Å². The van der Waals surface area contributed by atoms with E-state index in [-0.39, 0.29) is 16.3 Å². The topological polar surface area (TPSA) is 89.3 Å². The van der Waals surface area contributed by atoms with Crippen LogP contribution < -0.4 is 5.32 Å². The van der Waals surface area contributed by atoms with Crippen LogP contribution in [0.25, 0.3) is 0 Å². The first-order chi connectivity index (χ1) is 8.41. The van der Waals surface area contributed by atoms with Gasteiger partial charge in [-0.2, -0.15) is 0 Å². The molecule has 2 unspecified atom stereocenters. The quantitative estimate of drug-likeness (QED) is 0.386. The third-order valence-electron chi connectivity index (χ3n) is 2.59. The lowest BCUT2D eigenvalue weighted by atomic mass is 9.96. The lowest BCUT2D eigenvalue weighted by molar-refractivity contribution is -0.385. The minimum Gasteiger partial charge on any atom is -0.295 e. The molecule has 1 aliphatic heterocycles. The number of nitrogens with one attached hydrogen (secondary N) is 1. The maximum atomic E-state index is 11.7. The van der Waals surface area contributed by atoms with Crippen LogP contribution in [0.5, 0.6) is 0 Å². The second-order valence-electron chi connectivity index (χ2n) is 3.69. The first kappa shape index (κ1) is 13.0. The van der Waals surface area contributed by atoms with Crippen molar-refractivity contribution in [1.29, 1.82) is 0 Å². The molecular formula is C10H6BrClN2O4. The number of alkyl halides is 1. The molecule has 6 nitrogen and oxygen atoms in total. The van der Waals surface area contributed by atoms with E-state index < -0.39 is 27.5 Å². The van der Waals surface area contributed by atoms with Crippen molar-refractivity contribution in [2.75, 3.05) is 0 Å². The van der Waals surface area contributed by atoms with Gasteiger partial charge in [-0.05, 0) is 12.1 Å². The number of hydrogen-bond donors (Lipinski definition) is 1. The summed E-state index contributed by atoms with van der Waals surface area (Å²) in [6.45, 7) is 0. The van der Waals surface area contributed by atoms with Gasteiger partial charge in [0, 0.05) is 16.7 Å². The highest BCUT2D eigenvalue weighted by Gasteiger charge is 2.43. The molecule has 0 bridgehead atoms. The van der Waals surface area contributed by atoms with E-state index in [1.165, 1.54) is 18.2 Å². The van der Waals surface area contributed by atoms with Crippen LogP contribution in [-0.2, 0) is 9.59 Å². The molecule has 1 aromatic rings. The maximum Gasteiger partial charge on any atom is 0.273 e. The average molecular weight is 334 g/mol. The van der Waals surface area contributed by atoms with Crippen molar-refractivity contribution in [3.8, 4) is 0 Å². The number of nitrogens with zero attached hydrogens (tertiary/aromatic N) is 1. The Morgan fingerprint density at radius 2 is 2.00 bits per heavy atom. The van der Waals surface area contributed by atoms with Gasteiger partial charge in [0.1, 0.15) is 4.83 Å². The van der Waals surface area contributed by atoms with E-state index in [1.807, 2.05) is 0 Å². The Balaban J connectivity index is 2.56. The summed E-state index contributed by atoms with van der Waals surface area (Å²) in [5.41, 5.74) is -0.114. The molecule has 2 atom stereocenters. The molecule has 0 radical (unpaired) electrons. The summed E-state index contributed by atoms with van der Waals surface area (Å²) in [4.78, 5) is 32.5. The fraction of sp³-hybridized carbons (Fsp3) is 0.200. The molecule has 2 amide bonds. The molecular weight excluding hydrogens is 327 g/mol. The summed E-state index contributed by atoms with van der Waals surface area (Å²) in [6.07, 6.45) is 0. The summed E-state index contributed by atoms with van der Waals surface area (Å²) < 4.78 is 0. The average Bonchev–Trinajstić information content (AvgIpc) is 2.52. The van der Waals surface area contributed by atoms with Gasteiger partial charge in [-0.1, -0.05) is 27.5 Å². The number of carbonyl (C=O) groups is 2. The van der Waals surface area contributed by atoms with Gasteiger partial charge in [-0.25, -0.2) is 0 Å². The Morgan fingerprint density at radius 1 is 1.33 bits per heavy atom. The Bertz CT molecular complexity index is 563. The van der Waals surface area contributed by atoms with Gasteiger partial charge in [-0.3, -0.25) is 25.0 Å². The number of nitro groups is 1. The van der Waals surface area contributed by atoms with E-state index in [4.69, 9.17) is 11.6 Å². The predicted molar refractivity (Wildman–Crippen MR) is 66.7 cm³/mol. The number of imide groups is 1. The van der Waals surface area contributed by atoms with E-state index in [0.717, 1.165) is 0 Å². The molecule has 94 valence electrons. The van der Waals surface area contributed by atoms with Crippen LogP contribution in [0.15, 0.2) is 18.2 Å². The van der Waals surface area contributed by atoms with Gasteiger partial charge >= 0.3 is 0 Å².